The SMILES string of the molecule is C/C=C/C[C@@H](C)[C@@H](O)[C@H]1C(=O)N[C@@H](CC)C(=O)N(C)CC(=O)N(C)[C@@H](C)C(=O)N[C@@H](C(C)C)C(=O)N(C)[C@@H](C)C(=O)N[C@@H](C)C(=O)N[C@H](C)C(=O)N(C)[C@@H](CC(C)C)C(=O)N(C)[C@@H](CC(C)C)C(=O)N(C)[C@@H](C(C)C)C(=O)N1C. The first kappa shape index (κ1) is 70.9. The molecule has 0 spiro atoms. The maximum atomic E-state index is 15.0. The third-order valence-electron chi connectivity index (χ3n) is 15.1. The summed E-state index contributed by atoms with van der Waals surface area (Å²) >= 11 is 0. The van der Waals surface area contributed by atoms with Crippen LogP contribution in [0.25, 0.3) is 0 Å². The molecule has 0 aromatic carbocycles. The molecule has 1 aliphatic heterocycles. The van der Waals surface area contributed by atoms with Crippen LogP contribution in [0.2, 0.25) is 0 Å². The monoisotopic (exact) mass is 1120 g/mol. The molecule has 1 heterocycles. The lowest BCUT2D eigenvalue weighted by Crippen LogP contribution is -2.63. The fourth-order valence-corrected chi connectivity index (χ4v) is 9.39. The first-order chi connectivity index (χ1) is 36.4. The largest absolute Gasteiger partial charge is 0.390 e. The van der Waals surface area contributed by atoms with Gasteiger partial charge in [0.1, 0.15) is 60.4 Å². The molecule has 23 heteroatoms. The smallest absolute Gasteiger partial charge is 0.246 e. The van der Waals surface area contributed by atoms with Crippen molar-refractivity contribution >= 4 is 65.0 Å². The molecule has 1 fully saturated rings. The van der Waals surface area contributed by atoms with Crippen LogP contribution >= 0.6 is 0 Å². The molecule has 12 atom stereocenters. The van der Waals surface area contributed by atoms with E-state index in [2.05, 4.69) is 21.3 Å². The summed E-state index contributed by atoms with van der Waals surface area (Å²) in [6.07, 6.45) is 2.72. The number of allylic oxidation sites excluding steroid dienone is 2. The number of aliphatic hydroxyl groups excluding tert-OH is 1. The number of aliphatic hydroxyl groups is 1. The van der Waals surface area contributed by atoms with Crippen molar-refractivity contribution in [1.29, 1.82) is 0 Å². The van der Waals surface area contributed by atoms with Crippen molar-refractivity contribution in [3.05, 3.63) is 12.2 Å². The lowest BCUT2D eigenvalue weighted by Gasteiger charge is -2.41. The molecule has 5 N–H and O–H groups in total. The quantitative estimate of drug-likeness (QED) is 0.183. The molecule has 11 amide bonds. The Morgan fingerprint density at radius 1 is 0.506 bits per heavy atom. The van der Waals surface area contributed by atoms with Crippen molar-refractivity contribution in [3.63, 3.8) is 0 Å². The molecule has 23 nitrogen and oxygen atoms in total. The Morgan fingerprint density at radius 3 is 1.43 bits per heavy atom. The first-order valence-electron chi connectivity index (χ1n) is 27.8. The van der Waals surface area contributed by atoms with Crippen molar-refractivity contribution in [3.8, 4) is 0 Å². The van der Waals surface area contributed by atoms with E-state index in [4.69, 9.17) is 0 Å². The minimum atomic E-state index is -1.60. The fraction of sp³-hybridized carbons (Fsp3) is 0.768. The van der Waals surface area contributed by atoms with Gasteiger partial charge in [-0.2, -0.15) is 0 Å². The average Bonchev–Trinajstić information content (AvgIpc) is 3.38. The minimum Gasteiger partial charge on any atom is -0.390 e. The van der Waals surface area contributed by atoms with Gasteiger partial charge < -0.3 is 60.7 Å². The van der Waals surface area contributed by atoms with Gasteiger partial charge in [0.2, 0.25) is 65.0 Å². The second kappa shape index (κ2) is 31.6. The number of carbonyl (C=O) groups excluding carboxylic acids is 11. The fourth-order valence-electron chi connectivity index (χ4n) is 9.39. The molecule has 0 radical (unpaired) electrons. The Labute approximate surface area is 470 Å². The summed E-state index contributed by atoms with van der Waals surface area (Å²) in [6.45, 7) is 24.5. The molecule has 1 saturated heterocycles. The number of hydrogen-bond acceptors (Lipinski definition) is 12. The zero-order chi connectivity index (χ0) is 61.4. The summed E-state index contributed by atoms with van der Waals surface area (Å²) in [5.74, 6) is -9.63. The zero-order valence-electron chi connectivity index (χ0n) is 51.5. The lowest BCUT2D eigenvalue weighted by atomic mass is 9.91. The van der Waals surface area contributed by atoms with E-state index in [1.165, 1.54) is 91.7 Å². The van der Waals surface area contributed by atoms with Gasteiger partial charge in [0, 0.05) is 49.3 Å². The molecular weight excluding hydrogens is 1020 g/mol. The third-order valence-corrected chi connectivity index (χ3v) is 15.1. The maximum absolute atomic E-state index is 15.0. The van der Waals surface area contributed by atoms with E-state index in [0.29, 0.717) is 6.42 Å². The number of amides is 11. The predicted molar refractivity (Wildman–Crippen MR) is 301 cm³/mol. The molecule has 79 heavy (non-hydrogen) atoms. The summed E-state index contributed by atoms with van der Waals surface area (Å²) in [5.41, 5.74) is 0. The molecule has 1 rings (SSSR count). The van der Waals surface area contributed by atoms with Crippen LogP contribution in [0.5, 0.6) is 0 Å². The lowest BCUT2D eigenvalue weighted by molar-refractivity contribution is -0.157. The van der Waals surface area contributed by atoms with Gasteiger partial charge in [-0.1, -0.05) is 81.4 Å². The predicted octanol–water partition coefficient (Wildman–Crippen LogP) is 1.22. The Balaban J connectivity index is 4.15. The van der Waals surface area contributed by atoms with Crippen molar-refractivity contribution in [2.45, 2.75) is 196 Å². The van der Waals surface area contributed by atoms with Gasteiger partial charge in [0.05, 0.1) is 12.6 Å². The summed E-state index contributed by atoms with van der Waals surface area (Å²) in [4.78, 5) is 165. The highest BCUT2D eigenvalue weighted by Gasteiger charge is 2.45. The van der Waals surface area contributed by atoms with Crippen LogP contribution in [-0.4, -0.2) is 227 Å². The molecule has 1 aliphatic rings. The molecule has 0 aromatic rings. The van der Waals surface area contributed by atoms with Crippen molar-refractivity contribution in [1.82, 2.24) is 55.6 Å². The summed E-state index contributed by atoms with van der Waals surface area (Å²) in [7, 11) is 9.71. The number of rotatable bonds is 11. The molecule has 0 saturated carbocycles. The van der Waals surface area contributed by atoms with Crippen LogP contribution < -0.4 is 21.3 Å². The van der Waals surface area contributed by atoms with Gasteiger partial charge in [-0.25, -0.2) is 0 Å². The third kappa shape index (κ3) is 19.0. The standard InChI is InChI=1S/C56H99N11O12/c1-23-25-26-34(11)46(69)45-50(73)59-39(24-2)52(75)61(16)29-42(68)62(17)37(14)49(72)60-43(32(7)8)55(78)63(18)38(15)48(71)57-35(12)47(70)58-36(13)51(74)64(19)40(27-30(3)4)53(76)65(20)41(28-31(5)6)54(77)66(21)44(33(9)10)56(79)67(45)22/h23,25,30-41,43-46,69H,24,26-29H2,1-22H3,(H,57,71)(H,58,70)(H,59,73)(H,60,72)/b25-23+/t34-,35+,36-,37+,38+,39+,40+,41+,43+,44+,45+,46-/m1/s1. The number of likely N-dealkylation sites (N-methyl/N-ethyl adjacent to an activating group) is 7. The van der Waals surface area contributed by atoms with Crippen LogP contribution in [-0.2, 0) is 52.7 Å². The van der Waals surface area contributed by atoms with E-state index in [9.17, 15) is 48.3 Å². The van der Waals surface area contributed by atoms with E-state index in [1.807, 2.05) is 27.7 Å². The van der Waals surface area contributed by atoms with E-state index in [1.54, 1.807) is 60.6 Å². The van der Waals surface area contributed by atoms with Crippen molar-refractivity contribution in [2.24, 2.45) is 29.6 Å². The highest BCUT2D eigenvalue weighted by atomic mass is 16.3. The number of carbonyl (C=O) groups is 11. The maximum Gasteiger partial charge on any atom is 0.246 e. The van der Waals surface area contributed by atoms with Gasteiger partial charge in [0.25, 0.3) is 0 Å². The second-order valence-corrected chi connectivity index (χ2v) is 23.2. The second-order valence-electron chi connectivity index (χ2n) is 23.2. The van der Waals surface area contributed by atoms with Crippen LogP contribution in [0.4, 0.5) is 0 Å². The topological polar surface area (TPSA) is 279 Å². The van der Waals surface area contributed by atoms with Crippen molar-refractivity contribution in [2.75, 3.05) is 55.9 Å². The normalized spacial score (nSPS) is 27.9. The molecule has 450 valence electrons. The van der Waals surface area contributed by atoms with Crippen LogP contribution in [0, 0.1) is 29.6 Å². The van der Waals surface area contributed by atoms with Gasteiger partial charge in [-0.3, -0.25) is 52.7 Å². The molecule has 0 aromatic heterocycles. The van der Waals surface area contributed by atoms with Crippen LogP contribution in [0.1, 0.15) is 130 Å². The summed E-state index contributed by atoms with van der Waals surface area (Å²) in [5, 5.41) is 22.6. The summed E-state index contributed by atoms with van der Waals surface area (Å²) < 4.78 is 0. The highest BCUT2D eigenvalue weighted by molar-refractivity contribution is 5.99. The Hall–Kier alpha value is -6.13. The Bertz CT molecular complexity index is 2190. The molecular formula is C56H99N11O12. The Kier molecular flexibility index (Phi) is 28.4. The van der Waals surface area contributed by atoms with E-state index >= 15 is 9.59 Å². The van der Waals surface area contributed by atoms with E-state index < -0.39 is 156 Å². The number of hydrogen-bond donors (Lipinski definition) is 5. The highest BCUT2D eigenvalue weighted by Crippen LogP contribution is 2.25. The van der Waals surface area contributed by atoms with Gasteiger partial charge >= 0.3 is 0 Å². The van der Waals surface area contributed by atoms with Crippen LogP contribution in [0.3, 0.4) is 0 Å². The Morgan fingerprint density at radius 2 is 0.962 bits per heavy atom. The first-order valence-corrected chi connectivity index (χ1v) is 27.8. The van der Waals surface area contributed by atoms with E-state index in [-0.39, 0.29) is 31.1 Å². The molecule has 0 unspecified atom stereocenters. The summed E-state index contributed by atoms with van der Waals surface area (Å²) in [6, 6.07) is -12.3. The average molecular weight is 1120 g/mol. The van der Waals surface area contributed by atoms with Crippen LogP contribution in [0.15, 0.2) is 12.2 Å². The molecule has 0 bridgehead atoms. The van der Waals surface area contributed by atoms with Crippen molar-refractivity contribution < 1.29 is 57.8 Å². The van der Waals surface area contributed by atoms with Gasteiger partial charge in [-0.05, 0) is 89.9 Å². The number of nitrogens with one attached hydrogen (secondary N) is 4. The van der Waals surface area contributed by atoms with Gasteiger partial charge in [-0.15, -0.1) is 0 Å². The number of nitrogens with zero attached hydrogens (tertiary/aromatic N) is 7. The van der Waals surface area contributed by atoms with E-state index in [0.717, 1.165) is 19.6 Å². The zero-order valence-corrected chi connectivity index (χ0v) is 51.5. The van der Waals surface area contributed by atoms with Gasteiger partial charge in [0.15, 0.2) is 0 Å². The minimum absolute atomic E-state index is 0.0239. The molecule has 0 aliphatic carbocycles.